The molecule has 3 saturated heterocycles. The Hall–Kier alpha value is -1.57. The summed E-state index contributed by atoms with van der Waals surface area (Å²) in [5.74, 6) is 0.463. The van der Waals surface area contributed by atoms with Crippen LogP contribution in [0.2, 0.25) is 5.02 Å². The lowest BCUT2D eigenvalue weighted by atomic mass is 9.78. The minimum Gasteiger partial charge on any atom is -0.450 e. The van der Waals surface area contributed by atoms with Crippen LogP contribution in [-0.2, 0) is 9.47 Å². The molecule has 4 aliphatic rings. The second-order valence-corrected chi connectivity index (χ2v) is 10.4. The van der Waals surface area contributed by atoms with Gasteiger partial charge in [-0.2, -0.15) is 0 Å². The largest absolute Gasteiger partial charge is 0.450 e. The molecule has 0 aromatic carbocycles. The van der Waals surface area contributed by atoms with Crippen molar-refractivity contribution in [3.05, 3.63) is 23.0 Å². The molecule has 1 unspecified atom stereocenters. The van der Waals surface area contributed by atoms with E-state index in [-0.39, 0.29) is 6.09 Å². The van der Waals surface area contributed by atoms with E-state index in [1.54, 1.807) is 6.20 Å². The number of pyridine rings is 1. The second-order valence-electron chi connectivity index (χ2n) is 9.92. The molecule has 0 N–H and O–H groups in total. The summed E-state index contributed by atoms with van der Waals surface area (Å²) < 4.78 is 10.7. The van der Waals surface area contributed by atoms with Crippen molar-refractivity contribution in [3.63, 3.8) is 0 Å². The predicted molar refractivity (Wildman–Crippen MR) is 124 cm³/mol. The van der Waals surface area contributed by atoms with Crippen molar-refractivity contribution in [2.45, 2.75) is 51.0 Å². The minimum absolute atomic E-state index is 0.148. The summed E-state index contributed by atoms with van der Waals surface area (Å²) in [6, 6.07) is 2.74. The van der Waals surface area contributed by atoms with Gasteiger partial charge in [0.2, 0.25) is 0 Å². The lowest BCUT2D eigenvalue weighted by Gasteiger charge is -2.48. The minimum atomic E-state index is -0.148. The van der Waals surface area contributed by atoms with Crippen molar-refractivity contribution in [1.82, 2.24) is 14.8 Å². The molecule has 32 heavy (non-hydrogen) atoms. The third kappa shape index (κ3) is 4.44. The van der Waals surface area contributed by atoms with E-state index in [0.29, 0.717) is 29.0 Å². The van der Waals surface area contributed by atoms with E-state index in [2.05, 4.69) is 15.9 Å². The normalized spacial score (nSPS) is 26.4. The number of ether oxygens (including phenoxy) is 2. The van der Waals surface area contributed by atoms with Crippen molar-refractivity contribution in [2.75, 3.05) is 64.0 Å². The third-order valence-corrected chi connectivity index (χ3v) is 8.11. The zero-order chi connectivity index (χ0) is 22.1. The fourth-order valence-corrected chi connectivity index (χ4v) is 6.34. The first-order valence-corrected chi connectivity index (χ1v) is 12.6. The monoisotopic (exact) mass is 462 g/mol. The van der Waals surface area contributed by atoms with Crippen LogP contribution in [0.15, 0.2) is 12.3 Å². The highest BCUT2D eigenvalue weighted by atomic mass is 35.5. The van der Waals surface area contributed by atoms with Gasteiger partial charge in [0.15, 0.2) is 0 Å². The number of carbonyl (C=O) groups excluding carboxylic acids is 1. The molecule has 7 nitrogen and oxygen atoms in total. The molecule has 1 spiro atoms. The molecule has 176 valence electrons. The number of rotatable bonds is 4. The van der Waals surface area contributed by atoms with Gasteiger partial charge in [0, 0.05) is 76.1 Å². The standard InChI is InChI=1S/C24H35ClN4O3/c1-2-32-23(30)29-16-24(17-29)6-3-20(14-24)27-7-9-28(10-8-27)21-13-19(25)15-26-22(21)18-4-11-31-12-5-18/h13,15,18,20H,2-12,14,16-17H2,1H3. The van der Waals surface area contributed by atoms with Crippen LogP contribution in [0.5, 0.6) is 0 Å². The van der Waals surface area contributed by atoms with Crippen molar-refractivity contribution >= 4 is 23.4 Å². The highest BCUT2D eigenvalue weighted by Crippen LogP contribution is 2.47. The number of carbonyl (C=O) groups is 1. The maximum absolute atomic E-state index is 12.0. The van der Waals surface area contributed by atoms with Gasteiger partial charge in [-0.15, -0.1) is 0 Å². The Kier molecular flexibility index (Phi) is 6.50. The van der Waals surface area contributed by atoms with Crippen LogP contribution in [0.25, 0.3) is 0 Å². The maximum atomic E-state index is 12.0. The first-order valence-electron chi connectivity index (χ1n) is 12.2. The lowest BCUT2D eigenvalue weighted by Crippen LogP contribution is -2.58. The van der Waals surface area contributed by atoms with Crippen LogP contribution in [0.3, 0.4) is 0 Å². The average Bonchev–Trinajstić information content (AvgIpc) is 3.25. The third-order valence-electron chi connectivity index (χ3n) is 7.90. The fourth-order valence-electron chi connectivity index (χ4n) is 6.19. The smallest absolute Gasteiger partial charge is 0.409 e. The molecule has 1 aromatic rings. The summed E-state index contributed by atoms with van der Waals surface area (Å²) >= 11 is 6.35. The molecule has 0 radical (unpaired) electrons. The summed E-state index contributed by atoms with van der Waals surface area (Å²) in [4.78, 5) is 23.7. The first kappa shape index (κ1) is 22.2. The van der Waals surface area contributed by atoms with Crippen LogP contribution in [0, 0.1) is 5.41 Å². The Morgan fingerprint density at radius 1 is 1.22 bits per heavy atom. The van der Waals surface area contributed by atoms with Gasteiger partial charge in [0.25, 0.3) is 0 Å². The molecule has 5 rings (SSSR count). The van der Waals surface area contributed by atoms with E-state index in [9.17, 15) is 4.79 Å². The van der Waals surface area contributed by atoms with Crippen LogP contribution in [0.1, 0.15) is 50.6 Å². The molecular formula is C24H35ClN4O3. The highest BCUT2D eigenvalue weighted by Gasteiger charge is 2.51. The Morgan fingerprint density at radius 2 is 1.97 bits per heavy atom. The Morgan fingerprint density at radius 3 is 2.69 bits per heavy atom. The van der Waals surface area contributed by atoms with Gasteiger partial charge in [-0.05, 0) is 45.1 Å². The van der Waals surface area contributed by atoms with Crippen LogP contribution >= 0.6 is 11.6 Å². The molecule has 0 bridgehead atoms. The molecular weight excluding hydrogens is 428 g/mol. The Bertz CT molecular complexity index is 817. The van der Waals surface area contributed by atoms with Crippen LogP contribution in [0.4, 0.5) is 10.5 Å². The predicted octanol–water partition coefficient (Wildman–Crippen LogP) is 3.76. The van der Waals surface area contributed by atoms with Gasteiger partial charge in [0.1, 0.15) is 0 Å². The number of nitrogens with zero attached hydrogens (tertiary/aromatic N) is 4. The Labute approximate surface area is 196 Å². The summed E-state index contributed by atoms with van der Waals surface area (Å²) in [6.07, 6.45) is 7.38. The van der Waals surface area contributed by atoms with Crippen LogP contribution < -0.4 is 4.90 Å². The number of aromatic nitrogens is 1. The van der Waals surface area contributed by atoms with E-state index in [0.717, 1.165) is 65.3 Å². The quantitative estimate of drug-likeness (QED) is 0.679. The first-order chi connectivity index (χ1) is 15.6. The van der Waals surface area contributed by atoms with Crippen LogP contribution in [-0.4, -0.2) is 86.0 Å². The number of amides is 1. The van der Waals surface area contributed by atoms with Crippen molar-refractivity contribution < 1.29 is 14.3 Å². The number of halogens is 1. The van der Waals surface area contributed by atoms with Gasteiger partial charge < -0.3 is 19.3 Å². The van der Waals surface area contributed by atoms with E-state index >= 15 is 0 Å². The molecule has 1 aromatic heterocycles. The van der Waals surface area contributed by atoms with E-state index < -0.39 is 0 Å². The average molecular weight is 463 g/mol. The molecule has 1 saturated carbocycles. The molecule has 1 aliphatic carbocycles. The molecule has 1 amide bonds. The number of likely N-dealkylation sites (tertiary alicyclic amines) is 1. The van der Waals surface area contributed by atoms with Gasteiger partial charge in [-0.1, -0.05) is 11.6 Å². The SMILES string of the molecule is CCOC(=O)N1CC2(CCC(N3CCN(c4cc(Cl)cnc4C4CCOCC4)CC3)C2)C1. The lowest BCUT2D eigenvalue weighted by molar-refractivity contribution is -0.00294. The van der Waals surface area contributed by atoms with Crippen molar-refractivity contribution in [1.29, 1.82) is 0 Å². The number of hydrogen-bond donors (Lipinski definition) is 0. The molecule has 4 fully saturated rings. The number of anilines is 1. The van der Waals surface area contributed by atoms with Crippen molar-refractivity contribution in [2.24, 2.45) is 5.41 Å². The van der Waals surface area contributed by atoms with E-state index in [4.69, 9.17) is 26.1 Å². The number of hydrogen-bond acceptors (Lipinski definition) is 6. The molecule has 8 heteroatoms. The Balaban J connectivity index is 1.17. The zero-order valence-corrected chi connectivity index (χ0v) is 19.9. The summed E-state index contributed by atoms with van der Waals surface area (Å²) in [5, 5.41) is 0.715. The van der Waals surface area contributed by atoms with Gasteiger partial charge in [0.05, 0.1) is 23.0 Å². The highest BCUT2D eigenvalue weighted by molar-refractivity contribution is 6.30. The second kappa shape index (κ2) is 9.35. The summed E-state index contributed by atoms with van der Waals surface area (Å²) in [7, 11) is 0. The van der Waals surface area contributed by atoms with Crippen molar-refractivity contribution in [3.8, 4) is 0 Å². The fraction of sp³-hybridized carbons (Fsp3) is 0.750. The zero-order valence-electron chi connectivity index (χ0n) is 19.1. The number of piperazine rings is 1. The summed E-state index contributed by atoms with van der Waals surface area (Å²) in [5.41, 5.74) is 2.73. The topological polar surface area (TPSA) is 58.1 Å². The molecule has 3 aliphatic heterocycles. The van der Waals surface area contributed by atoms with Gasteiger partial charge in [-0.3, -0.25) is 9.88 Å². The van der Waals surface area contributed by atoms with E-state index in [1.165, 1.54) is 30.6 Å². The van der Waals surface area contributed by atoms with E-state index in [1.807, 2.05) is 11.8 Å². The van der Waals surface area contributed by atoms with Gasteiger partial charge >= 0.3 is 6.09 Å². The van der Waals surface area contributed by atoms with Gasteiger partial charge in [-0.25, -0.2) is 4.79 Å². The maximum Gasteiger partial charge on any atom is 0.409 e. The molecule has 1 atom stereocenters. The summed E-state index contributed by atoms with van der Waals surface area (Å²) in [6.45, 7) is 9.85. The molecule has 4 heterocycles.